The van der Waals surface area contributed by atoms with Crippen molar-refractivity contribution in [1.29, 1.82) is 0 Å². The molecule has 2 rings (SSSR count). The molecular formula is C19H20N2O8. The quantitative estimate of drug-likeness (QED) is 0.404. The van der Waals surface area contributed by atoms with Crippen molar-refractivity contribution in [3.05, 3.63) is 51.6 Å². The van der Waals surface area contributed by atoms with Crippen LogP contribution in [0.4, 0.5) is 11.4 Å². The minimum absolute atomic E-state index is 0.00383. The van der Waals surface area contributed by atoms with Gasteiger partial charge in [0.25, 0.3) is 5.91 Å². The van der Waals surface area contributed by atoms with Crippen molar-refractivity contribution in [2.45, 2.75) is 6.92 Å². The van der Waals surface area contributed by atoms with Gasteiger partial charge >= 0.3 is 11.7 Å². The molecule has 0 atom stereocenters. The van der Waals surface area contributed by atoms with E-state index in [4.69, 9.17) is 18.9 Å². The Bertz CT molecular complexity index is 942. The third-order valence-corrected chi connectivity index (χ3v) is 3.96. The largest absolute Gasteiger partial charge is 0.497 e. The number of hydrogen-bond acceptors (Lipinski definition) is 8. The monoisotopic (exact) mass is 404 g/mol. The first kappa shape index (κ1) is 21.5. The van der Waals surface area contributed by atoms with Gasteiger partial charge in [-0.25, -0.2) is 4.79 Å². The van der Waals surface area contributed by atoms with Crippen LogP contribution in [0.15, 0.2) is 30.3 Å². The summed E-state index contributed by atoms with van der Waals surface area (Å²) in [5.41, 5.74) is 0.667. The van der Waals surface area contributed by atoms with E-state index in [0.717, 1.165) is 0 Å². The maximum Gasteiger partial charge on any atom is 0.342 e. The number of hydrogen-bond donors (Lipinski definition) is 1. The second-order valence-corrected chi connectivity index (χ2v) is 5.79. The molecule has 0 radical (unpaired) electrons. The molecule has 2 aromatic rings. The number of methoxy groups -OCH3 is 3. The average molecular weight is 404 g/mol. The number of nitro groups is 1. The number of nitro benzene ring substituents is 1. The van der Waals surface area contributed by atoms with Crippen LogP contribution in [-0.4, -0.2) is 44.7 Å². The summed E-state index contributed by atoms with van der Waals surface area (Å²) >= 11 is 0. The fourth-order valence-corrected chi connectivity index (χ4v) is 2.48. The van der Waals surface area contributed by atoms with Gasteiger partial charge in [-0.05, 0) is 24.6 Å². The lowest BCUT2D eigenvalue weighted by Gasteiger charge is -2.12. The Labute approximate surface area is 166 Å². The molecule has 0 aliphatic heterocycles. The average Bonchev–Trinajstić information content (AvgIpc) is 2.72. The van der Waals surface area contributed by atoms with Crippen LogP contribution in [0.3, 0.4) is 0 Å². The van der Waals surface area contributed by atoms with Crippen molar-refractivity contribution in [2.75, 3.05) is 33.3 Å². The molecule has 0 aliphatic carbocycles. The Kier molecular flexibility index (Phi) is 6.96. The van der Waals surface area contributed by atoms with E-state index in [-0.39, 0.29) is 22.7 Å². The van der Waals surface area contributed by atoms with Crippen molar-refractivity contribution in [3.8, 4) is 17.2 Å². The second kappa shape index (κ2) is 9.40. The molecule has 1 amide bonds. The molecule has 0 saturated carbocycles. The van der Waals surface area contributed by atoms with E-state index in [1.165, 1.54) is 45.6 Å². The number of aryl methyl sites for hydroxylation is 1. The predicted molar refractivity (Wildman–Crippen MR) is 103 cm³/mol. The number of ether oxygens (including phenoxy) is 4. The maximum absolute atomic E-state index is 12.2. The van der Waals surface area contributed by atoms with Crippen LogP contribution in [0.2, 0.25) is 0 Å². The van der Waals surface area contributed by atoms with E-state index in [1.54, 1.807) is 13.0 Å². The zero-order valence-corrected chi connectivity index (χ0v) is 16.3. The Balaban J connectivity index is 2.07. The first-order valence-electron chi connectivity index (χ1n) is 8.32. The van der Waals surface area contributed by atoms with Crippen LogP contribution < -0.4 is 19.5 Å². The molecule has 0 unspecified atom stereocenters. The Morgan fingerprint density at radius 2 is 1.72 bits per heavy atom. The highest BCUT2D eigenvalue weighted by Gasteiger charge is 2.20. The maximum atomic E-state index is 12.2. The molecular weight excluding hydrogens is 384 g/mol. The van der Waals surface area contributed by atoms with E-state index in [1.807, 2.05) is 0 Å². The van der Waals surface area contributed by atoms with Crippen LogP contribution in [0.25, 0.3) is 0 Å². The van der Waals surface area contributed by atoms with E-state index in [2.05, 4.69) is 5.32 Å². The second-order valence-electron chi connectivity index (χ2n) is 5.79. The third kappa shape index (κ3) is 5.12. The van der Waals surface area contributed by atoms with Crippen molar-refractivity contribution >= 4 is 23.3 Å². The molecule has 0 aromatic heterocycles. The topological polar surface area (TPSA) is 126 Å². The number of rotatable bonds is 8. The molecule has 0 saturated heterocycles. The fraction of sp³-hybridized carbons (Fsp3) is 0.263. The highest BCUT2D eigenvalue weighted by molar-refractivity contribution is 5.97. The summed E-state index contributed by atoms with van der Waals surface area (Å²) in [6.07, 6.45) is 0. The molecule has 29 heavy (non-hydrogen) atoms. The molecule has 154 valence electrons. The summed E-state index contributed by atoms with van der Waals surface area (Å²) in [6, 6.07) is 7.15. The van der Waals surface area contributed by atoms with Gasteiger partial charge in [-0.3, -0.25) is 14.9 Å². The Morgan fingerprint density at radius 3 is 2.31 bits per heavy atom. The van der Waals surface area contributed by atoms with Gasteiger partial charge in [-0.2, -0.15) is 0 Å². The minimum Gasteiger partial charge on any atom is -0.497 e. The Morgan fingerprint density at radius 1 is 1.03 bits per heavy atom. The number of esters is 1. The third-order valence-electron chi connectivity index (χ3n) is 3.96. The summed E-state index contributed by atoms with van der Waals surface area (Å²) in [4.78, 5) is 34.9. The highest BCUT2D eigenvalue weighted by Crippen LogP contribution is 2.32. The predicted octanol–water partition coefficient (Wildman–Crippen LogP) is 2.72. The summed E-state index contributed by atoms with van der Waals surface area (Å²) in [5, 5.41) is 13.6. The van der Waals surface area contributed by atoms with Gasteiger partial charge in [0.15, 0.2) is 12.4 Å². The number of amides is 1. The Hall–Kier alpha value is -3.82. The number of carbonyl (C=O) groups is 2. The van der Waals surface area contributed by atoms with Gasteiger partial charge in [0.2, 0.25) is 0 Å². The molecule has 0 bridgehead atoms. The SMILES string of the molecule is COc1ccc(C(=O)OCC(=O)Nc2cc(OC)c([N+](=O)[O-])cc2C)c(OC)c1. The molecule has 1 N–H and O–H groups in total. The lowest BCUT2D eigenvalue weighted by molar-refractivity contribution is -0.385. The van der Waals surface area contributed by atoms with Crippen molar-refractivity contribution < 1.29 is 33.5 Å². The lowest BCUT2D eigenvalue weighted by atomic mass is 10.1. The van der Waals surface area contributed by atoms with Gasteiger partial charge in [-0.1, -0.05) is 0 Å². The number of anilines is 1. The van der Waals surface area contributed by atoms with Gasteiger partial charge in [0.1, 0.15) is 17.1 Å². The zero-order chi connectivity index (χ0) is 21.6. The molecule has 0 spiro atoms. The highest BCUT2D eigenvalue weighted by atomic mass is 16.6. The van der Waals surface area contributed by atoms with Crippen LogP contribution >= 0.6 is 0 Å². The van der Waals surface area contributed by atoms with E-state index in [9.17, 15) is 19.7 Å². The molecule has 10 heteroatoms. The fourth-order valence-electron chi connectivity index (χ4n) is 2.48. The van der Waals surface area contributed by atoms with Crippen molar-refractivity contribution in [1.82, 2.24) is 0 Å². The molecule has 0 aliphatic rings. The van der Waals surface area contributed by atoms with Crippen LogP contribution in [0, 0.1) is 17.0 Å². The normalized spacial score (nSPS) is 10.1. The van der Waals surface area contributed by atoms with Crippen LogP contribution in [0.1, 0.15) is 15.9 Å². The first-order chi connectivity index (χ1) is 13.8. The van der Waals surface area contributed by atoms with E-state index < -0.39 is 23.4 Å². The molecule has 0 heterocycles. The van der Waals surface area contributed by atoms with E-state index in [0.29, 0.717) is 17.0 Å². The van der Waals surface area contributed by atoms with Crippen molar-refractivity contribution in [3.63, 3.8) is 0 Å². The van der Waals surface area contributed by atoms with Crippen LogP contribution in [-0.2, 0) is 9.53 Å². The minimum atomic E-state index is -0.752. The lowest BCUT2D eigenvalue weighted by Crippen LogP contribution is -2.21. The summed E-state index contributed by atoms with van der Waals surface area (Å²) < 4.78 is 20.2. The molecule has 10 nitrogen and oxygen atoms in total. The molecule has 2 aromatic carbocycles. The van der Waals surface area contributed by atoms with Gasteiger partial charge in [-0.15, -0.1) is 0 Å². The number of carbonyl (C=O) groups excluding carboxylic acids is 2. The van der Waals surface area contributed by atoms with Gasteiger partial charge in [0, 0.05) is 23.9 Å². The zero-order valence-electron chi connectivity index (χ0n) is 16.3. The summed E-state index contributed by atoms with van der Waals surface area (Å²) in [5.74, 6) is -0.636. The van der Waals surface area contributed by atoms with Crippen LogP contribution in [0.5, 0.6) is 17.2 Å². The smallest absolute Gasteiger partial charge is 0.342 e. The molecule has 0 fully saturated rings. The van der Waals surface area contributed by atoms with E-state index >= 15 is 0 Å². The number of nitrogens with one attached hydrogen (secondary N) is 1. The standard InChI is InChI=1S/C19H20N2O8/c1-11-7-15(21(24)25)17(28-4)9-14(11)20-18(22)10-29-19(23)13-6-5-12(26-2)8-16(13)27-3/h5-9H,10H2,1-4H3,(H,20,22). The first-order valence-corrected chi connectivity index (χ1v) is 8.32. The summed E-state index contributed by atoms with van der Waals surface area (Å²) in [6.45, 7) is 1.03. The van der Waals surface area contributed by atoms with Gasteiger partial charge in [0.05, 0.1) is 26.3 Å². The van der Waals surface area contributed by atoms with Gasteiger partial charge < -0.3 is 24.3 Å². The number of nitrogens with zero attached hydrogens (tertiary/aromatic N) is 1. The summed E-state index contributed by atoms with van der Waals surface area (Å²) in [7, 11) is 4.16. The number of benzene rings is 2. The van der Waals surface area contributed by atoms with Crippen molar-refractivity contribution in [2.24, 2.45) is 0 Å².